The van der Waals surface area contributed by atoms with E-state index in [4.69, 9.17) is 8.92 Å². The van der Waals surface area contributed by atoms with Gasteiger partial charge in [-0.25, -0.2) is 4.79 Å². The molecule has 2 aromatic rings. The summed E-state index contributed by atoms with van der Waals surface area (Å²) < 4.78 is 11.7. The molecular weight excluding hydrogens is 358 g/mol. The highest BCUT2D eigenvalue weighted by Crippen LogP contribution is 2.71. The van der Waals surface area contributed by atoms with Gasteiger partial charge in [-0.05, 0) is 57.9 Å². The Morgan fingerprint density at radius 2 is 1.59 bits per heavy atom. The average Bonchev–Trinajstić information content (AvgIpc) is 3.07. The molecule has 27 heavy (non-hydrogen) atoms. The lowest BCUT2D eigenvalue weighted by atomic mass is 10.2. The van der Waals surface area contributed by atoms with Crippen molar-refractivity contribution in [3.05, 3.63) is 60.7 Å². The summed E-state index contributed by atoms with van der Waals surface area (Å²) in [4.78, 5) is 13.7. The fourth-order valence-electron chi connectivity index (χ4n) is 3.48. The van der Waals surface area contributed by atoms with Crippen molar-refractivity contribution < 1.29 is 13.7 Å². The fourth-order valence-corrected chi connectivity index (χ4v) is 7.24. The molecule has 1 fully saturated rings. The number of alkyl carbamates (subject to hydrolysis) is 1. The highest BCUT2D eigenvalue weighted by atomic mass is 32.3. The molecule has 0 unspecified atom stereocenters. The summed E-state index contributed by atoms with van der Waals surface area (Å²) >= 11 is 0. The Kier molecular flexibility index (Phi) is 6.12. The zero-order valence-corrected chi connectivity index (χ0v) is 17.1. The number of benzene rings is 2. The molecule has 1 saturated heterocycles. The molecule has 1 N–H and O–H groups in total. The largest absolute Gasteiger partial charge is 0.447 e. The Balaban J connectivity index is 1.84. The molecule has 0 bridgehead atoms. The zero-order valence-electron chi connectivity index (χ0n) is 16.3. The molecule has 1 heterocycles. The quantitative estimate of drug-likeness (QED) is 0.636. The van der Waals surface area contributed by atoms with E-state index >= 15 is 0 Å². The Morgan fingerprint density at radius 3 is 2.04 bits per heavy atom. The molecule has 0 spiro atoms. The van der Waals surface area contributed by atoms with Crippen LogP contribution in [0, 0.1) is 0 Å². The van der Waals surface area contributed by atoms with E-state index in [9.17, 15) is 4.79 Å². The third-order valence-corrected chi connectivity index (χ3v) is 8.82. The van der Waals surface area contributed by atoms with Gasteiger partial charge in [-0.1, -0.05) is 46.7 Å². The van der Waals surface area contributed by atoms with Crippen molar-refractivity contribution in [1.82, 2.24) is 5.32 Å². The van der Waals surface area contributed by atoms with Gasteiger partial charge in [-0.3, -0.25) is 0 Å². The first-order valence-electron chi connectivity index (χ1n) is 9.44. The predicted octanol–water partition coefficient (Wildman–Crippen LogP) is 5.53. The van der Waals surface area contributed by atoms with Gasteiger partial charge in [0, 0.05) is 14.5 Å². The number of hydrogen-bond donors (Lipinski definition) is 1. The van der Waals surface area contributed by atoms with E-state index in [1.54, 1.807) is 0 Å². The minimum atomic E-state index is -1.70. The van der Waals surface area contributed by atoms with E-state index < -0.39 is 10.3 Å². The van der Waals surface area contributed by atoms with Crippen molar-refractivity contribution in [3.8, 4) is 0 Å². The van der Waals surface area contributed by atoms with Crippen LogP contribution in [0.3, 0.4) is 0 Å². The lowest BCUT2D eigenvalue weighted by molar-refractivity contribution is 0.176. The van der Waals surface area contributed by atoms with Gasteiger partial charge in [0.15, 0.2) is 0 Å². The van der Waals surface area contributed by atoms with E-state index in [0.29, 0.717) is 13.2 Å². The lowest BCUT2D eigenvalue weighted by Crippen LogP contribution is -2.29. The van der Waals surface area contributed by atoms with E-state index in [-0.39, 0.29) is 16.9 Å². The first-order chi connectivity index (χ1) is 12.9. The molecule has 0 radical (unpaired) electrons. The van der Waals surface area contributed by atoms with Crippen LogP contribution in [0.15, 0.2) is 70.5 Å². The molecular formula is C22H29NO3S. The highest BCUT2D eigenvalue weighted by Gasteiger charge is 2.41. The monoisotopic (exact) mass is 387 g/mol. The van der Waals surface area contributed by atoms with Gasteiger partial charge in [0.25, 0.3) is 0 Å². The third kappa shape index (κ3) is 4.30. The van der Waals surface area contributed by atoms with E-state index in [2.05, 4.69) is 74.6 Å². The van der Waals surface area contributed by atoms with Crippen LogP contribution in [-0.2, 0) is 8.92 Å². The minimum absolute atomic E-state index is 0.0691. The summed E-state index contributed by atoms with van der Waals surface area (Å²) in [5.41, 5.74) is 0. The molecule has 4 nitrogen and oxygen atoms in total. The smallest absolute Gasteiger partial charge is 0.407 e. The van der Waals surface area contributed by atoms with Gasteiger partial charge >= 0.3 is 6.09 Å². The molecule has 146 valence electrons. The van der Waals surface area contributed by atoms with Gasteiger partial charge in [-0.15, -0.1) is 0 Å². The molecule has 1 aliphatic rings. The van der Waals surface area contributed by atoms with Crippen molar-refractivity contribution >= 4 is 16.4 Å². The number of carbonyl (C=O) groups excluding carboxylic acids is 1. The predicted molar refractivity (Wildman–Crippen MR) is 110 cm³/mol. The van der Waals surface area contributed by atoms with Gasteiger partial charge in [-0.2, -0.15) is 0 Å². The average molecular weight is 388 g/mol. The standard InChI is InChI=1S/C22H29NO3S/c1-22(2,3)27(19-12-6-4-7-13-19,20-14-8-5-9-15-20)26-16-10-11-18-17-25-21(24)23-18/h4-9,12-15,18H,10-11,16-17H2,1-3H3,(H,23,24)/t18-/m0/s1. The van der Waals surface area contributed by atoms with E-state index in [0.717, 1.165) is 12.8 Å². The summed E-state index contributed by atoms with van der Waals surface area (Å²) in [6.45, 7) is 7.87. The summed E-state index contributed by atoms with van der Waals surface area (Å²) in [5, 5.41) is 2.84. The second kappa shape index (κ2) is 8.36. The van der Waals surface area contributed by atoms with Gasteiger partial charge < -0.3 is 14.2 Å². The summed E-state index contributed by atoms with van der Waals surface area (Å²) in [6.07, 6.45) is 1.41. The molecule has 5 heteroatoms. The maximum atomic E-state index is 11.2. The maximum absolute atomic E-state index is 11.2. The zero-order chi connectivity index (χ0) is 19.3. The SMILES string of the molecule is CC(C)(C)S(OCCC[C@H]1COC(=O)N1)(c1ccccc1)c1ccccc1. The first kappa shape index (κ1) is 19.8. The van der Waals surface area contributed by atoms with Crippen LogP contribution in [0.5, 0.6) is 0 Å². The van der Waals surface area contributed by atoms with Crippen LogP contribution in [0.1, 0.15) is 33.6 Å². The van der Waals surface area contributed by atoms with Crippen molar-refractivity contribution in [2.45, 2.75) is 54.2 Å². The van der Waals surface area contributed by atoms with Gasteiger partial charge in [0.1, 0.15) is 6.61 Å². The molecule has 1 amide bonds. The van der Waals surface area contributed by atoms with Gasteiger partial charge in [0.05, 0.1) is 12.6 Å². The molecule has 1 aliphatic heterocycles. The third-order valence-electron chi connectivity index (χ3n) is 4.71. The van der Waals surface area contributed by atoms with Crippen molar-refractivity contribution in [2.75, 3.05) is 13.2 Å². The minimum Gasteiger partial charge on any atom is -0.447 e. The Bertz CT molecular complexity index is 704. The number of ether oxygens (including phenoxy) is 1. The molecule has 0 aliphatic carbocycles. The second-order valence-electron chi connectivity index (χ2n) is 7.70. The lowest BCUT2D eigenvalue weighted by Gasteiger charge is -2.50. The van der Waals surface area contributed by atoms with Gasteiger partial charge in [0.2, 0.25) is 0 Å². The normalized spacial score (nSPS) is 18.0. The van der Waals surface area contributed by atoms with Crippen LogP contribution in [-0.4, -0.2) is 30.1 Å². The fraction of sp³-hybridized carbons (Fsp3) is 0.409. The molecule has 1 atom stereocenters. The maximum Gasteiger partial charge on any atom is 0.407 e. The number of hydrogen-bond acceptors (Lipinski definition) is 3. The van der Waals surface area contributed by atoms with Crippen LogP contribution in [0.25, 0.3) is 0 Å². The summed E-state index contributed by atoms with van der Waals surface area (Å²) in [7, 11) is -1.70. The molecule has 0 aromatic heterocycles. The van der Waals surface area contributed by atoms with Crippen molar-refractivity contribution in [1.29, 1.82) is 0 Å². The number of rotatable bonds is 7. The number of carbonyl (C=O) groups is 1. The number of nitrogens with one attached hydrogen (secondary N) is 1. The number of cyclic esters (lactones) is 1. The van der Waals surface area contributed by atoms with E-state index in [1.807, 2.05) is 12.1 Å². The Labute approximate surface area is 163 Å². The highest BCUT2D eigenvalue weighted by molar-refractivity contribution is 8.31. The molecule has 0 saturated carbocycles. The molecule has 3 rings (SSSR count). The Hall–Kier alpha value is -1.98. The first-order valence-corrected chi connectivity index (χ1v) is 11.0. The van der Waals surface area contributed by atoms with Crippen molar-refractivity contribution in [3.63, 3.8) is 0 Å². The number of amides is 1. The second-order valence-corrected chi connectivity index (χ2v) is 11.2. The summed E-state index contributed by atoms with van der Waals surface area (Å²) in [6, 6.07) is 21.2. The van der Waals surface area contributed by atoms with Crippen LogP contribution in [0.2, 0.25) is 0 Å². The van der Waals surface area contributed by atoms with E-state index in [1.165, 1.54) is 9.79 Å². The topological polar surface area (TPSA) is 47.6 Å². The summed E-state index contributed by atoms with van der Waals surface area (Å²) in [5.74, 6) is 0. The van der Waals surface area contributed by atoms with Crippen LogP contribution >= 0.6 is 10.3 Å². The van der Waals surface area contributed by atoms with Crippen LogP contribution in [0.4, 0.5) is 4.79 Å². The molecule has 2 aromatic carbocycles. The van der Waals surface area contributed by atoms with Crippen LogP contribution < -0.4 is 5.32 Å². The van der Waals surface area contributed by atoms with Crippen molar-refractivity contribution in [2.24, 2.45) is 0 Å². The Morgan fingerprint density at radius 1 is 1.04 bits per heavy atom.